The van der Waals surface area contributed by atoms with Crippen molar-refractivity contribution in [1.82, 2.24) is 25.6 Å². The molecule has 0 aromatic carbocycles. The van der Waals surface area contributed by atoms with E-state index in [9.17, 15) is 4.79 Å². The van der Waals surface area contributed by atoms with E-state index >= 15 is 0 Å². The van der Waals surface area contributed by atoms with Crippen LogP contribution in [0.15, 0.2) is 18.3 Å². The Morgan fingerprint density at radius 3 is 2.93 bits per heavy atom. The summed E-state index contributed by atoms with van der Waals surface area (Å²) >= 11 is 0. The average molecular weight is 204 g/mol. The van der Waals surface area contributed by atoms with E-state index in [4.69, 9.17) is 0 Å². The van der Waals surface area contributed by atoms with Gasteiger partial charge in [0.25, 0.3) is 11.7 Å². The van der Waals surface area contributed by atoms with Gasteiger partial charge in [-0.2, -0.15) is 5.21 Å². The van der Waals surface area contributed by atoms with Crippen LogP contribution in [0, 0.1) is 6.92 Å². The van der Waals surface area contributed by atoms with E-state index in [1.54, 1.807) is 18.3 Å². The molecule has 0 spiro atoms. The molecule has 1 amide bonds. The van der Waals surface area contributed by atoms with Gasteiger partial charge in [0.05, 0.1) is 11.9 Å². The highest BCUT2D eigenvalue weighted by molar-refractivity contribution is 6.01. The molecule has 2 N–H and O–H groups in total. The maximum atomic E-state index is 11.4. The van der Waals surface area contributed by atoms with Crippen molar-refractivity contribution in [3.8, 4) is 0 Å². The Hall–Kier alpha value is -2.31. The Morgan fingerprint density at radius 2 is 2.33 bits per heavy atom. The molecular formula is C8H8N6O. The zero-order valence-corrected chi connectivity index (χ0v) is 7.93. The lowest BCUT2D eigenvalue weighted by atomic mass is 10.3. The molecule has 0 unspecified atom stereocenters. The molecule has 7 heteroatoms. The Kier molecular flexibility index (Phi) is 2.36. The van der Waals surface area contributed by atoms with Gasteiger partial charge in [-0.25, -0.2) is 0 Å². The second-order valence-electron chi connectivity index (χ2n) is 2.88. The number of carbonyl (C=O) groups is 1. The highest BCUT2D eigenvalue weighted by Crippen LogP contribution is 2.06. The molecular weight excluding hydrogens is 196 g/mol. The number of aromatic nitrogens is 5. The van der Waals surface area contributed by atoms with Crippen molar-refractivity contribution in [3.63, 3.8) is 0 Å². The molecule has 76 valence electrons. The quantitative estimate of drug-likeness (QED) is 0.726. The lowest BCUT2D eigenvalue weighted by Gasteiger charge is -2.00. The molecule has 0 fully saturated rings. The first kappa shape index (κ1) is 9.25. The van der Waals surface area contributed by atoms with Crippen LogP contribution in [0.3, 0.4) is 0 Å². The van der Waals surface area contributed by atoms with Gasteiger partial charge in [-0.05, 0) is 24.3 Å². The van der Waals surface area contributed by atoms with Crippen molar-refractivity contribution < 1.29 is 4.79 Å². The van der Waals surface area contributed by atoms with E-state index in [1.165, 1.54) is 0 Å². The fourth-order valence-corrected chi connectivity index (χ4v) is 0.987. The summed E-state index contributed by atoms with van der Waals surface area (Å²) in [5.74, 6) is -0.426. The van der Waals surface area contributed by atoms with Crippen molar-refractivity contribution >= 4 is 11.6 Å². The lowest BCUT2D eigenvalue weighted by molar-refractivity contribution is 0.101. The van der Waals surface area contributed by atoms with Crippen LogP contribution in [0.1, 0.15) is 16.3 Å². The third-order valence-corrected chi connectivity index (χ3v) is 1.72. The minimum Gasteiger partial charge on any atom is -0.318 e. The van der Waals surface area contributed by atoms with E-state index in [0.29, 0.717) is 5.69 Å². The van der Waals surface area contributed by atoms with Gasteiger partial charge in [-0.15, -0.1) is 10.2 Å². The van der Waals surface area contributed by atoms with Gasteiger partial charge in [-0.1, -0.05) is 0 Å². The first-order valence-electron chi connectivity index (χ1n) is 4.23. The molecule has 0 saturated carbocycles. The number of carbonyl (C=O) groups excluding carboxylic acids is 1. The molecule has 2 aromatic rings. The summed E-state index contributed by atoms with van der Waals surface area (Å²) in [6.45, 7) is 1.87. The summed E-state index contributed by atoms with van der Waals surface area (Å²) in [5.41, 5.74) is 1.47. The SMILES string of the molecule is Cc1ccc(NC(=O)c2nn[nH]n2)cn1. The van der Waals surface area contributed by atoms with Crippen LogP contribution < -0.4 is 5.32 Å². The Labute approximate surface area is 84.9 Å². The third-order valence-electron chi connectivity index (χ3n) is 1.72. The van der Waals surface area contributed by atoms with E-state index in [2.05, 4.69) is 30.9 Å². The van der Waals surface area contributed by atoms with Crippen molar-refractivity contribution in [2.45, 2.75) is 6.92 Å². The number of hydrogen-bond acceptors (Lipinski definition) is 5. The average Bonchev–Trinajstić information content (AvgIpc) is 2.74. The molecule has 0 aliphatic rings. The van der Waals surface area contributed by atoms with Crippen LogP contribution in [-0.2, 0) is 0 Å². The number of aromatic amines is 1. The standard InChI is InChI=1S/C8H8N6O/c1-5-2-3-6(4-9-5)10-8(15)7-11-13-14-12-7/h2-4H,1H3,(H,10,15)(H,11,12,13,14). The van der Waals surface area contributed by atoms with Gasteiger partial charge < -0.3 is 5.32 Å². The molecule has 0 bridgehead atoms. The second kappa shape index (κ2) is 3.82. The van der Waals surface area contributed by atoms with Crippen LogP contribution in [0.5, 0.6) is 0 Å². The van der Waals surface area contributed by atoms with Gasteiger partial charge in [0.1, 0.15) is 0 Å². The van der Waals surface area contributed by atoms with Crippen molar-refractivity contribution in [2.24, 2.45) is 0 Å². The number of nitrogens with one attached hydrogen (secondary N) is 2. The largest absolute Gasteiger partial charge is 0.318 e. The maximum absolute atomic E-state index is 11.4. The predicted octanol–water partition coefficient (Wildman–Crippen LogP) is 0.155. The Balaban J connectivity index is 2.09. The number of amides is 1. The fourth-order valence-electron chi connectivity index (χ4n) is 0.987. The van der Waals surface area contributed by atoms with Crippen LogP contribution in [-0.4, -0.2) is 31.5 Å². The van der Waals surface area contributed by atoms with Crippen LogP contribution in [0.25, 0.3) is 0 Å². The first-order valence-corrected chi connectivity index (χ1v) is 4.23. The Morgan fingerprint density at radius 1 is 1.47 bits per heavy atom. The van der Waals surface area contributed by atoms with E-state index < -0.39 is 5.91 Å². The normalized spacial score (nSPS) is 9.93. The van der Waals surface area contributed by atoms with E-state index in [1.807, 2.05) is 6.92 Å². The predicted molar refractivity (Wildman–Crippen MR) is 51.1 cm³/mol. The molecule has 0 saturated heterocycles. The molecule has 2 heterocycles. The van der Waals surface area contributed by atoms with Gasteiger partial charge in [0, 0.05) is 5.69 Å². The highest BCUT2D eigenvalue weighted by atomic mass is 16.2. The number of H-pyrrole nitrogens is 1. The van der Waals surface area contributed by atoms with Crippen LogP contribution in [0.2, 0.25) is 0 Å². The zero-order chi connectivity index (χ0) is 10.7. The zero-order valence-electron chi connectivity index (χ0n) is 7.93. The van der Waals surface area contributed by atoms with Crippen LogP contribution >= 0.6 is 0 Å². The maximum Gasteiger partial charge on any atom is 0.297 e. The number of nitrogens with zero attached hydrogens (tertiary/aromatic N) is 4. The molecule has 0 radical (unpaired) electrons. The minimum absolute atomic E-state index is 0.00410. The first-order chi connectivity index (χ1) is 7.25. The molecule has 0 aliphatic carbocycles. The number of rotatable bonds is 2. The number of pyridine rings is 1. The topological polar surface area (TPSA) is 96.5 Å². The van der Waals surface area contributed by atoms with Gasteiger partial charge in [-0.3, -0.25) is 9.78 Å². The van der Waals surface area contributed by atoms with Crippen LogP contribution in [0.4, 0.5) is 5.69 Å². The van der Waals surface area contributed by atoms with E-state index in [-0.39, 0.29) is 5.82 Å². The molecule has 2 aromatic heterocycles. The monoisotopic (exact) mass is 204 g/mol. The third kappa shape index (κ3) is 2.13. The summed E-state index contributed by atoms with van der Waals surface area (Å²) in [5, 5.41) is 15.2. The summed E-state index contributed by atoms with van der Waals surface area (Å²) < 4.78 is 0. The second-order valence-corrected chi connectivity index (χ2v) is 2.88. The number of anilines is 1. The van der Waals surface area contributed by atoms with Gasteiger partial charge in [0.15, 0.2) is 0 Å². The molecule has 0 atom stereocenters. The van der Waals surface area contributed by atoms with Gasteiger partial charge in [0.2, 0.25) is 0 Å². The van der Waals surface area contributed by atoms with Crippen molar-refractivity contribution in [3.05, 3.63) is 29.8 Å². The summed E-state index contributed by atoms with van der Waals surface area (Å²) in [6, 6.07) is 3.55. The smallest absolute Gasteiger partial charge is 0.297 e. The summed E-state index contributed by atoms with van der Waals surface area (Å²) in [6.07, 6.45) is 1.56. The number of tetrazole rings is 1. The molecule has 7 nitrogen and oxygen atoms in total. The van der Waals surface area contributed by atoms with E-state index in [0.717, 1.165) is 5.69 Å². The van der Waals surface area contributed by atoms with Crippen molar-refractivity contribution in [2.75, 3.05) is 5.32 Å². The fraction of sp³-hybridized carbons (Fsp3) is 0.125. The molecule has 2 rings (SSSR count). The number of hydrogen-bond donors (Lipinski definition) is 2. The lowest BCUT2D eigenvalue weighted by Crippen LogP contribution is -2.13. The number of aryl methyl sites for hydroxylation is 1. The Bertz CT molecular complexity index is 448. The summed E-state index contributed by atoms with van der Waals surface area (Å²) in [4.78, 5) is 15.5. The molecule has 15 heavy (non-hydrogen) atoms. The van der Waals surface area contributed by atoms with Gasteiger partial charge >= 0.3 is 0 Å². The van der Waals surface area contributed by atoms with Crippen molar-refractivity contribution in [1.29, 1.82) is 0 Å². The highest BCUT2D eigenvalue weighted by Gasteiger charge is 2.10. The molecule has 0 aliphatic heterocycles. The minimum atomic E-state index is -0.422. The summed E-state index contributed by atoms with van der Waals surface area (Å²) in [7, 11) is 0.